The van der Waals surface area contributed by atoms with Crippen LogP contribution in [0.3, 0.4) is 0 Å². The molecular formula is C94H62Br3N3OS. The molecule has 0 radical (unpaired) electrons. The molecule has 22 rings (SSSR count). The van der Waals surface area contributed by atoms with Crippen LogP contribution >= 0.6 is 59.1 Å². The van der Waals surface area contributed by atoms with E-state index in [0.717, 1.165) is 43.1 Å². The van der Waals surface area contributed by atoms with Crippen molar-refractivity contribution >= 4 is 177 Å². The van der Waals surface area contributed by atoms with Crippen molar-refractivity contribution in [3.8, 4) is 50.4 Å². The first-order chi connectivity index (χ1) is 49.9. The SMILES string of the molecule is Brc1cc2c3ccccc3oc2c2c1c1ccccc1n2-c1ccc(-c2cccc3c2sc2ccccc23)cc1.CC1(C)c2ccccc2-c2c(Br)cc3c4ccccc4n(-c4ccc5ccccc5c4)c3c21.CC1(C)c2ccccc2-c2c(Br)cc3c4ccccc4n(-c4ccccc4)c3c21. The maximum absolute atomic E-state index is 6.54. The molecule has 15 aromatic carbocycles. The molecule has 8 heteroatoms. The number of rotatable bonds is 4. The van der Waals surface area contributed by atoms with E-state index >= 15 is 0 Å². The average molecular weight is 1520 g/mol. The Hall–Kier alpha value is -10.6. The van der Waals surface area contributed by atoms with Crippen LogP contribution in [-0.2, 0) is 10.8 Å². The first-order valence-corrected chi connectivity index (χ1v) is 37.9. The van der Waals surface area contributed by atoms with Gasteiger partial charge in [-0.05, 0) is 140 Å². The highest BCUT2D eigenvalue weighted by molar-refractivity contribution is 9.11. The molecule has 20 aromatic rings. The molecule has 0 saturated carbocycles. The molecule has 0 bridgehead atoms. The summed E-state index contributed by atoms with van der Waals surface area (Å²) >= 11 is 13.7. The fourth-order valence-electron chi connectivity index (χ4n) is 17.4. The van der Waals surface area contributed by atoms with E-state index in [1.165, 1.54) is 161 Å². The summed E-state index contributed by atoms with van der Waals surface area (Å²) in [6.45, 7) is 9.45. The van der Waals surface area contributed by atoms with E-state index in [0.29, 0.717) is 0 Å². The number of halogens is 3. The van der Waals surface area contributed by atoms with Gasteiger partial charge in [0.05, 0.1) is 33.1 Å². The Morgan fingerprint density at radius 1 is 0.324 bits per heavy atom. The van der Waals surface area contributed by atoms with E-state index in [4.69, 9.17) is 4.42 Å². The van der Waals surface area contributed by atoms with Gasteiger partial charge in [0.25, 0.3) is 0 Å². The lowest BCUT2D eigenvalue weighted by atomic mass is 9.81. The Balaban J connectivity index is 0.000000104. The zero-order valence-corrected chi connectivity index (χ0v) is 61.7. The highest BCUT2D eigenvalue weighted by atomic mass is 79.9. The molecular weight excluding hydrogens is 1460 g/mol. The molecule has 0 spiro atoms. The number of aromatic nitrogens is 3. The number of benzene rings is 15. The number of fused-ring (bicyclic) bond motifs is 25. The zero-order valence-electron chi connectivity index (χ0n) is 56.2. The second kappa shape index (κ2) is 23.2. The fourth-order valence-corrected chi connectivity index (χ4v) is 20.6. The predicted octanol–water partition coefficient (Wildman–Crippen LogP) is 28.3. The second-order valence-electron chi connectivity index (χ2n) is 28.2. The summed E-state index contributed by atoms with van der Waals surface area (Å²) in [5.74, 6) is 0. The molecule has 0 atom stereocenters. The van der Waals surface area contributed by atoms with E-state index in [1.807, 2.05) is 23.5 Å². The maximum atomic E-state index is 6.54. The van der Waals surface area contributed by atoms with Crippen molar-refractivity contribution in [2.24, 2.45) is 0 Å². The second-order valence-corrected chi connectivity index (χ2v) is 31.8. The van der Waals surface area contributed by atoms with Crippen molar-refractivity contribution in [2.45, 2.75) is 38.5 Å². The predicted molar refractivity (Wildman–Crippen MR) is 444 cm³/mol. The molecule has 102 heavy (non-hydrogen) atoms. The summed E-state index contributed by atoms with van der Waals surface area (Å²) in [6.07, 6.45) is 0. The number of hydrogen-bond acceptors (Lipinski definition) is 2. The first kappa shape index (κ1) is 61.3. The van der Waals surface area contributed by atoms with Gasteiger partial charge in [0.1, 0.15) is 5.58 Å². The van der Waals surface area contributed by atoms with Crippen LogP contribution in [0.25, 0.3) is 169 Å². The number of nitrogens with zero attached hydrogens (tertiary/aromatic N) is 3. The minimum absolute atomic E-state index is 0.0745. The highest BCUT2D eigenvalue weighted by Crippen LogP contribution is 2.58. The minimum Gasteiger partial charge on any atom is -0.454 e. The van der Waals surface area contributed by atoms with Crippen molar-refractivity contribution in [1.82, 2.24) is 13.7 Å². The Morgan fingerprint density at radius 2 is 0.784 bits per heavy atom. The van der Waals surface area contributed by atoms with Gasteiger partial charge in [-0.3, -0.25) is 0 Å². The highest BCUT2D eigenvalue weighted by Gasteiger charge is 2.42. The summed E-state index contributed by atoms with van der Waals surface area (Å²) in [5, 5.41) is 15.0. The third kappa shape index (κ3) is 9.02. The Bertz CT molecular complexity index is 6920. The largest absolute Gasteiger partial charge is 0.454 e. The summed E-state index contributed by atoms with van der Waals surface area (Å²) in [7, 11) is 0. The van der Waals surface area contributed by atoms with E-state index in [-0.39, 0.29) is 10.8 Å². The molecule has 0 saturated heterocycles. The van der Waals surface area contributed by atoms with E-state index in [2.05, 4.69) is 380 Å². The van der Waals surface area contributed by atoms with Crippen LogP contribution in [0.5, 0.6) is 0 Å². The van der Waals surface area contributed by atoms with Gasteiger partial charge in [-0.15, -0.1) is 11.3 Å². The molecule has 0 unspecified atom stereocenters. The minimum atomic E-state index is -0.100. The van der Waals surface area contributed by atoms with Crippen molar-refractivity contribution in [3.63, 3.8) is 0 Å². The van der Waals surface area contributed by atoms with Crippen molar-refractivity contribution in [1.29, 1.82) is 0 Å². The Kier molecular flexibility index (Phi) is 14.0. The maximum Gasteiger partial charge on any atom is 0.160 e. The normalized spacial score (nSPS) is 13.4. The molecule has 4 nitrogen and oxygen atoms in total. The summed E-state index contributed by atoms with van der Waals surface area (Å²) in [5.41, 5.74) is 25.9. The van der Waals surface area contributed by atoms with Gasteiger partial charge >= 0.3 is 0 Å². The van der Waals surface area contributed by atoms with Crippen LogP contribution in [0.1, 0.15) is 49.9 Å². The van der Waals surface area contributed by atoms with Crippen molar-refractivity contribution in [3.05, 3.63) is 339 Å². The number of thiophene rings is 1. The molecule has 2 aliphatic carbocycles. The van der Waals surface area contributed by atoms with Gasteiger partial charge in [0, 0.05) is 116 Å². The molecule has 0 fully saturated rings. The summed E-state index contributed by atoms with van der Waals surface area (Å²) in [4.78, 5) is 0. The third-order valence-corrected chi connectivity index (χ3v) is 25.0. The van der Waals surface area contributed by atoms with E-state index < -0.39 is 0 Å². The third-order valence-electron chi connectivity index (χ3n) is 21.9. The smallest absolute Gasteiger partial charge is 0.160 e. The lowest BCUT2D eigenvalue weighted by Crippen LogP contribution is -2.16. The van der Waals surface area contributed by atoms with Crippen LogP contribution in [0.4, 0.5) is 0 Å². The van der Waals surface area contributed by atoms with Gasteiger partial charge in [-0.25, -0.2) is 0 Å². The molecule has 2 aliphatic rings. The summed E-state index contributed by atoms with van der Waals surface area (Å²) < 4.78 is 19.9. The molecule has 0 N–H and O–H groups in total. The van der Waals surface area contributed by atoms with Gasteiger partial charge in [0.15, 0.2) is 5.58 Å². The van der Waals surface area contributed by atoms with E-state index in [9.17, 15) is 0 Å². The van der Waals surface area contributed by atoms with Crippen LogP contribution in [0, 0.1) is 0 Å². The van der Waals surface area contributed by atoms with Gasteiger partial charge in [-0.1, -0.05) is 294 Å². The lowest BCUT2D eigenvalue weighted by molar-refractivity contribution is 0.663. The lowest BCUT2D eigenvalue weighted by Gasteiger charge is -2.24. The standard InChI is InChI=1S/C36H20BrNOS.C31H22BrN.C27H20BrN/c37-29-20-28-24-8-2-5-14-31(24)39-35(28)34-33(29)27-10-1-4-13-30(27)38(34)22-18-16-21(17-19-22)23-11-7-12-26-25-9-3-6-15-32(25)40-36(23)26;1-31(2)25-13-7-5-12-23(25)28-26(32)18-24-22-11-6-8-14-27(22)33(30(24)29(28)31)21-16-15-19-9-3-4-10-20(19)17-21;1-27(2)21-14-8-6-13-19(21)24-22(28)16-20-18-12-7-9-15-23(18)29(26(20)25(24)27)17-10-4-3-5-11-17/h1-20H;3-18H,1-2H3;3-16H,1-2H3. The molecule has 0 aliphatic heterocycles. The number of furan rings is 1. The zero-order chi connectivity index (χ0) is 68.4. The quantitative estimate of drug-likeness (QED) is 0.173. The number of hydrogen-bond donors (Lipinski definition) is 0. The molecule has 0 amide bonds. The number of para-hydroxylation sites is 5. The van der Waals surface area contributed by atoms with Crippen LogP contribution < -0.4 is 0 Å². The fraction of sp³-hybridized carbons (Fsp3) is 0.0638. The molecule has 5 heterocycles. The Morgan fingerprint density at radius 3 is 1.43 bits per heavy atom. The van der Waals surface area contributed by atoms with Gasteiger partial charge < -0.3 is 18.1 Å². The monoisotopic (exact) mass is 1520 g/mol. The van der Waals surface area contributed by atoms with Gasteiger partial charge in [0.2, 0.25) is 0 Å². The molecule has 486 valence electrons. The van der Waals surface area contributed by atoms with Crippen molar-refractivity contribution < 1.29 is 4.42 Å². The van der Waals surface area contributed by atoms with Gasteiger partial charge in [-0.2, -0.15) is 0 Å². The van der Waals surface area contributed by atoms with Crippen LogP contribution in [0.2, 0.25) is 0 Å². The summed E-state index contributed by atoms with van der Waals surface area (Å²) in [6, 6.07) is 109. The average Bonchev–Trinajstić information content (AvgIpc) is 1.55. The Labute approximate surface area is 618 Å². The first-order valence-electron chi connectivity index (χ1n) is 34.7. The van der Waals surface area contributed by atoms with Crippen LogP contribution in [0.15, 0.2) is 321 Å². The van der Waals surface area contributed by atoms with Crippen molar-refractivity contribution in [2.75, 3.05) is 0 Å². The molecule has 5 aromatic heterocycles. The van der Waals surface area contributed by atoms with E-state index in [1.54, 1.807) is 0 Å². The van der Waals surface area contributed by atoms with Crippen LogP contribution in [-0.4, -0.2) is 13.7 Å². The topological polar surface area (TPSA) is 27.9 Å².